The quantitative estimate of drug-likeness (QED) is 0.891. The molecule has 0 spiro atoms. The van der Waals surface area contributed by atoms with Crippen molar-refractivity contribution in [3.8, 4) is 0 Å². The van der Waals surface area contributed by atoms with Gasteiger partial charge in [-0.05, 0) is 25.0 Å². The number of furan rings is 1. The van der Waals surface area contributed by atoms with Crippen LogP contribution in [0.25, 0.3) is 0 Å². The number of nitrogens with zero attached hydrogens (tertiary/aromatic N) is 1. The second-order valence-electron chi connectivity index (χ2n) is 6.63. The van der Waals surface area contributed by atoms with E-state index in [-0.39, 0.29) is 17.4 Å². The number of rotatable bonds is 2. The van der Waals surface area contributed by atoms with Crippen molar-refractivity contribution in [2.75, 3.05) is 0 Å². The van der Waals surface area contributed by atoms with Crippen LogP contribution < -0.4 is 5.32 Å². The van der Waals surface area contributed by atoms with Crippen LogP contribution in [0.1, 0.15) is 67.2 Å². The van der Waals surface area contributed by atoms with Gasteiger partial charge >= 0.3 is 0 Å². The maximum absolute atomic E-state index is 12.4. The van der Waals surface area contributed by atoms with Crippen LogP contribution in [-0.4, -0.2) is 16.1 Å². The Morgan fingerprint density at radius 2 is 2.29 bits per heavy atom. The summed E-state index contributed by atoms with van der Waals surface area (Å²) in [6, 6.07) is 3.80. The highest BCUT2D eigenvalue weighted by molar-refractivity contribution is 5.92. The van der Waals surface area contributed by atoms with Gasteiger partial charge in [-0.2, -0.15) is 5.10 Å². The largest absolute Gasteiger partial charge is 0.469 e. The van der Waals surface area contributed by atoms with Gasteiger partial charge in [-0.25, -0.2) is 0 Å². The summed E-state index contributed by atoms with van der Waals surface area (Å²) >= 11 is 0. The Labute approximate surface area is 124 Å². The predicted octanol–water partition coefficient (Wildman–Crippen LogP) is 3.11. The number of hydrogen-bond acceptors (Lipinski definition) is 3. The van der Waals surface area contributed by atoms with E-state index >= 15 is 0 Å². The zero-order valence-electron chi connectivity index (χ0n) is 12.7. The fourth-order valence-corrected chi connectivity index (χ4v) is 2.69. The minimum Gasteiger partial charge on any atom is -0.469 e. The SMILES string of the molecule is CC(C)(C)c1cc(C(=O)N[C@H]2CCCc3occc32)n[nH]1. The van der Waals surface area contributed by atoms with Crippen molar-refractivity contribution in [2.45, 2.75) is 51.5 Å². The number of aromatic amines is 1. The monoisotopic (exact) mass is 287 g/mol. The van der Waals surface area contributed by atoms with Crippen LogP contribution in [0.15, 0.2) is 22.8 Å². The predicted molar refractivity (Wildman–Crippen MR) is 79.1 cm³/mol. The number of fused-ring (bicyclic) bond motifs is 1. The molecule has 2 aromatic heterocycles. The molecule has 2 N–H and O–H groups in total. The third-order valence-corrected chi connectivity index (χ3v) is 3.98. The lowest BCUT2D eigenvalue weighted by Crippen LogP contribution is -2.30. The van der Waals surface area contributed by atoms with E-state index in [1.165, 1.54) is 0 Å². The number of carbonyl (C=O) groups excluding carboxylic acids is 1. The van der Waals surface area contributed by atoms with Gasteiger partial charge in [0.15, 0.2) is 0 Å². The Morgan fingerprint density at radius 3 is 3.00 bits per heavy atom. The highest BCUT2D eigenvalue weighted by Gasteiger charge is 2.26. The topological polar surface area (TPSA) is 70.9 Å². The van der Waals surface area contributed by atoms with Crippen LogP contribution in [0.3, 0.4) is 0 Å². The molecule has 21 heavy (non-hydrogen) atoms. The zero-order valence-corrected chi connectivity index (χ0v) is 12.7. The summed E-state index contributed by atoms with van der Waals surface area (Å²) in [5, 5.41) is 10.1. The Morgan fingerprint density at radius 1 is 1.48 bits per heavy atom. The summed E-state index contributed by atoms with van der Waals surface area (Å²) < 4.78 is 5.45. The number of H-pyrrole nitrogens is 1. The van der Waals surface area contributed by atoms with Crippen molar-refractivity contribution < 1.29 is 9.21 Å². The molecule has 1 atom stereocenters. The third-order valence-electron chi connectivity index (χ3n) is 3.98. The van der Waals surface area contributed by atoms with Crippen molar-refractivity contribution >= 4 is 5.91 Å². The Hall–Kier alpha value is -2.04. The van der Waals surface area contributed by atoms with E-state index in [1.807, 2.05) is 12.1 Å². The highest BCUT2D eigenvalue weighted by atomic mass is 16.3. The number of carbonyl (C=O) groups is 1. The summed E-state index contributed by atoms with van der Waals surface area (Å²) in [4.78, 5) is 12.4. The molecule has 1 aliphatic carbocycles. The van der Waals surface area contributed by atoms with Gasteiger partial charge in [-0.3, -0.25) is 9.89 Å². The van der Waals surface area contributed by atoms with Crippen molar-refractivity contribution in [2.24, 2.45) is 0 Å². The summed E-state index contributed by atoms with van der Waals surface area (Å²) in [5.74, 6) is 0.852. The first-order chi connectivity index (χ1) is 9.95. The van der Waals surface area contributed by atoms with Crippen molar-refractivity contribution in [1.29, 1.82) is 0 Å². The van der Waals surface area contributed by atoms with E-state index in [2.05, 4.69) is 36.3 Å². The smallest absolute Gasteiger partial charge is 0.272 e. The fraction of sp³-hybridized carbons (Fsp3) is 0.500. The maximum Gasteiger partial charge on any atom is 0.272 e. The lowest BCUT2D eigenvalue weighted by molar-refractivity contribution is 0.0927. The van der Waals surface area contributed by atoms with E-state index in [0.717, 1.165) is 36.3 Å². The standard InChI is InChI=1S/C16H21N3O2/c1-16(2,3)14-9-12(18-19-14)15(20)17-11-5-4-6-13-10(11)7-8-21-13/h7-9,11H,4-6H2,1-3H3,(H,17,20)(H,18,19)/t11-/m0/s1. The summed E-state index contributed by atoms with van der Waals surface area (Å²) in [6.45, 7) is 6.25. The van der Waals surface area contributed by atoms with Crippen LogP contribution in [0, 0.1) is 0 Å². The minimum absolute atomic E-state index is 0.0230. The lowest BCUT2D eigenvalue weighted by atomic mass is 9.92. The third kappa shape index (κ3) is 2.73. The van der Waals surface area contributed by atoms with Gasteiger partial charge in [0.05, 0.1) is 12.3 Å². The Kier molecular flexibility index (Phi) is 3.35. The van der Waals surface area contributed by atoms with Crippen LogP contribution in [0.4, 0.5) is 0 Å². The van der Waals surface area contributed by atoms with E-state index in [1.54, 1.807) is 6.26 Å². The average molecular weight is 287 g/mol. The molecule has 112 valence electrons. The van der Waals surface area contributed by atoms with Gasteiger partial charge in [0.25, 0.3) is 5.91 Å². The normalized spacial score (nSPS) is 18.3. The molecule has 1 aliphatic rings. The van der Waals surface area contributed by atoms with E-state index in [0.29, 0.717) is 5.69 Å². The molecule has 1 amide bonds. The number of aryl methyl sites for hydroxylation is 1. The Balaban J connectivity index is 1.75. The average Bonchev–Trinajstić information content (AvgIpc) is 3.07. The second-order valence-corrected chi connectivity index (χ2v) is 6.63. The first-order valence-corrected chi connectivity index (χ1v) is 7.38. The van der Waals surface area contributed by atoms with Gasteiger partial charge in [0.1, 0.15) is 11.5 Å². The Bertz CT molecular complexity index is 649. The summed E-state index contributed by atoms with van der Waals surface area (Å²) in [5.41, 5.74) is 2.45. The van der Waals surface area contributed by atoms with E-state index < -0.39 is 0 Å². The van der Waals surface area contributed by atoms with Gasteiger partial charge in [-0.1, -0.05) is 20.8 Å². The molecule has 2 aromatic rings. The minimum atomic E-state index is -0.138. The van der Waals surface area contributed by atoms with Gasteiger partial charge in [0.2, 0.25) is 0 Å². The van der Waals surface area contributed by atoms with Gasteiger partial charge in [0, 0.05) is 23.1 Å². The molecule has 0 saturated heterocycles. The van der Waals surface area contributed by atoms with Crippen molar-refractivity contribution in [1.82, 2.24) is 15.5 Å². The molecule has 0 bridgehead atoms. The first-order valence-electron chi connectivity index (χ1n) is 7.38. The molecule has 5 nitrogen and oxygen atoms in total. The number of amides is 1. The molecule has 0 aliphatic heterocycles. The van der Waals surface area contributed by atoms with Crippen molar-refractivity contribution in [3.63, 3.8) is 0 Å². The molecule has 3 rings (SSSR count). The van der Waals surface area contributed by atoms with Crippen LogP contribution in [-0.2, 0) is 11.8 Å². The van der Waals surface area contributed by atoms with Gasteiger partial charge < -0.3 is 9.73 Å². The molecule has 0 saturated carbocycles. The van der Waals surface area contributed by atoms with Crippen LogP contribution >= 0.6 is 0 Å². The molecule has 5 heteroatoms. The summed E-state index contributed by atoms with van der Waals surface area (Å²) in [6.07, 6.45) is 4.61. The number of hydrogen-bond donors (Lipinski definition) is 2. The highest BCUT2D eigenvalue weighted by Crippen LogP contribution is 2.30. The molecular weight excluding hydrogens is 266 g/mol. The van der Waals surface area contributed by atoms with Crippen LogP contribution in [0.2, 0.25) is 0 Å². The molecule has 0 fully saturated rings. The number of aromatic nitrogens is 2. The molecule has 2 heterocycles. The van der Waals surface area contributed by atoms with E-state index in [4.69, 9.17) is 4.42 Å². The molecule has 0 aromatic carbocycles. The lowest BCUT2D eigenvalue weighted by Gasteiger charge is -2.22. The molecular formula is C16H21N3O2. The van der Waals surface area contributed by atoms with E-state index in [9.17, 15) is 4.79 Å². The zero-order chi connectivity index (χ0) is 15.0. The second kappa shape index (κ2) is 5.06. The summed E-state index contributed by atoms with van der Waals surface area (Å²) in [7, 11) is 0. The van der Waals surface area contributed by atoms with Gasteiger partial charge in [-0.15, -0.1) is 0 Å². The maximum atomic E-state index is 12.4. The van der Waals surface area contributed by atoms with Crippen molar-refractivity contribution in [3.05, 3.63) is 41.1 Å². The molecule has 0 radical (unpaired) electrons. The first kappa shape index (κ1) is 13.9. The number of nitrogens with one attached hydrogen (secondary N) is 2. The fourth-order valence-electron chi connectivity index (χ4n) is 2.69. The molecule has 0 unspecified atom stereocenters. The van der Waals surface area contributed by atoms with Crippen LogP contribution in [0.5, 0.6) is 0 Å².